The van der Waals surface area contributed by atoms with Crippen LogP contribution in [0.25, 0.3) is 0 Å². The Labute approximate surface area is 112 Å². The zero-order valence-corrected chi connectivity index (χ0v) is 10.3. The predicted molar refractivity (Wildman–Crippen MR) is 67.2 cm³/mol. The predicted octanol–water partition coefficient (Wildman–Crippen LogP) is 0.861. The van der Waals surface area contributed by atoms with E-state index in [1.165, 1.54) is 12.1 Å². The molecule has 1 aromatic rings. The van der Waals surface area contributed by atoms with Crippen LogP contribution in [0.2, 0.25) is 5.02 Å². The third-order valence-corrected chi connectivity index (χ3v) is 2.23. The van der Waals surface area contributed by atoms with Crippen molar-refractivity contribution in [1.29, 1.82) is 0 Å². The van der Waals surface area contributed by atoms with Gasteiger partial charge in [-0.1, -0.05) is 11.6 Å². The van der Waals surface area contributed by atoms with Gasteiger partial charge in [0, 0.05) is 11.1 Å². The number of carboxylic acid groups (broad SMARTS) is 1. The zero-order chi connectivity index (χ0) is 14.4. The number of nitro groups is 1. The first-order valence-corrected chi connectivity index (χ1v) is 5.44. The SMILES string of the molecule is O=C(O)CNCC(=O)Nc1ccc(Cl)cc1[N+](=O)[O-]. The van der Waals surface area contributed by atoms with Crippen LogP contribution in [0.4, 0.5) is 11.4 Å². The third-order valence-electron chi connectivity index (χ3n) is 1.99. The number of anilines is 1. The highest BCUT2D eigenvalue weighted by atomic mass is 35.5. The lowest BCUT2D eigenvalue weighted by Gasteiger charge is -2.06. The maximum Gasteiger partial charge on any atom is 0.317 e. The summed E-state index contributed by atoms with van der Waals surface area (Å²) in [4.78, 5) is 31.7. The number of nitrogens with zero attached hydrogens (tertiary/aromatic N) is 1. The first-order chi connectivity index (χ1) is 8.90. The lowest BCUT2D eigenvalue weighted by molar-refractivity contribution is -0.383. The van der Waals surface area contributed by atoms with Gasteiger partial charge in [-0.05, 0) is 12.1 Å². The molecule has 1 amide bonds. The molecule has 19 heavy (non-hydrogen) atoms. The molecule has 0 atom stereocenters. The summed E-state index contributed by atoms with van der Waals surface area (Å²) in [7, 11) is 0. The van der Waals surface area contributed by atoms with Crippen LogP contribution in [0.5, 0.6) is 0 Å². The average Bonchev–Trinajstić information content (AvgIpc) is 2.30. The summed E-state index contributed by atoms with van der Waals surface area (Å²) >= 11 is 5.62. The number of benzene rings is 1. The molecule has 1 aromatic carbocycles. The van der Waals surface area contributed by atoms with E-state index in [0.717, 1.165) is 6.07 Å². The molecular weight excluding hydrogens is 278 g/mol. The van der Waals surface area contributed by atoms with Gasteiger partial charge < -0.3 is 10.4 Å². The van der Waals surface area contributed by atoms with Crippen molar-refractivity contribution in [1.82, 2.24) is 5.32 Å². The number of aliphatic carboxylic acids is 1. The fourth-order valence-corrected chi connectivity index (χ4v) is 1.41. The van der Waals surface area contributed by atoms with Gasteiger partial charge in [0.2, 0.25) is 5.91 Å². The topological polar surface area (TPSA) is 122 Å². The Hall–Kier alpha value is -2.19. The van der Waals surface area contributed by atoms with Crippen molar-refractivity contribution in [3.63, 3.8) is 0 Å². The van der Waals surface area contributed by atoms with Gasteiger partial charge in [-0.2, -0.15) is 0 Å². The van der Waals surface area contributed by atoms with E-state index in [1.807, 2.05) is 0 Å². The van der Waals surface area contributed by atoms with Crippen LogP contribution in [0, 0.1) is 10.1 Å². The Morgan fingerprint density at radius 1 is 1.37 bits per heavy atom. The molecule has 102 valence electrons. The normalized spacial score (nSPS) is 9.95. The number of nitrogens with one attached hydrogen (secondary N) is 2. The van der Waals surface area contributed by atoms with Crippen molar-refractivity contribution in [3.05, 3.63) is 33.3 Å². The molecule has 1 rings (SSSR count). The molecule has 0 saturated carbocycles. The summed E-state index contributed by atoms with van der Waals surface area (Å²) in [6.45, 7) is -0.651. The number of hydrogen-bond donors (Lipinski definition) is 3. The molecule has 0 spiro atoms. The van der Waals surface area contributed by atoms with Gasteiger partial charge in [-0.3, -0.25) is 25.0 Å². The Morgan fingerprint density at radius 2 is 2.05 bits per heavy atom. The minimum atomic E-state index is -1.11. The second kappa shape index (κ2) is 6.66. The molecule has 0 aliphatic heterocycles. The summed E-state index contributed by atoms with van der Waals surface area (Å²) < 4.78 is 0. The molecule has 0 unspecified atom stereocenters. The van der Waals surface area contributed by atoms with Gasteiger partial charge in [-0.15, -0.1) is 0 Å². The number of hydrogen-bond acceptors (Lipinski definition) is 5. The van der Waals surface area contributed by atoms with E-state index in [9.17, 15) is 19.7 Å². The van der Waals surface area contributed by atoms with Crippen LogP contribution in [-0.4, -0.2) is 35.0 Å². The number of rotatable bonds is 6. The lowest BCUT2D eigenvalue weighted by atomic mass is 10.2. The quantitative estimate of drug-likeness (QED) is 0.527. The van der Waals surface area contributed by atoms with Crippen LogP contribution < -0.4 is 10.6 Å². The van der Waals surface area contributed by atoms with Crippen LogP contribution in [0.3, 0.4) is 0 Å². The molecule has 8 nitrogen and oxygen atoms in total. The van der Waals surface area contributed by atoms with Crippen molar-refractivity contribution in [3.8, 4) is 0 Å². The number of carbonyl (C=O) groups is 2. The second-order valence-electron chi connectivity index (χ2n) is 3.46. The van der Waals surface area contributed by atoms with Crippen molar-refractivity contribution < 1.29 is 19.6 Å². The molecular formula is C10H10ClN3O5. The van der Waals surface area contributed by atoms with Gasteiger partial charge in [0.25, 0.3) is 5.69 Å². The van der Waals surface area contributed by atoms with E-state index in [4.69, 9.17) is 16.7 Å². The first kappa shape index (κ1) is 14.9. The number of carbonyl (C=O) groups excluding carboxylic acids is 1. The van der Waals surface area contributed by atoms with Crippen LogP contribution in [-0.2, 0) is 9.59 Å². The number of carboxylic acids is 1. The molecule has 0 aliphatic rings. The van der Waals surface area contributed by atoms with Gasteiger partial charge in [-0.25, -0.2) is 0 Å². The number of amides is 1. The van der Waals surface area contributed by atoms with Crippen LogP contribution in [0.1, 0.15) is 0 Å². The standard InChI is InChI=1S/C10H10ClN3O5/c11-6-1-2-7(8(3-6)14(18)19)13-9(15)4-12-5-10(16)17/h1-3,12H,4-5H2,(H,13,15)(H,16,17). The molecule has 0 saturated heterocycles. The van der Waals surface area contributed by atoms with Crippen LogP contribution >= 0.6 is 11.6 Å². The molecule has 0 fully saturated rings. The Balaban J connectivity index is 2.68. The van der Waals surface area contributed by atoms with Crippen LogP contribution in [0.15, 0.2) is 18.2 Å². The number of halogens is 1. The van der Waals surface area contributed by atoms with Gasteiger partial charge in [0.15, 0.2) is 0 Å². The molecule has 0 radical (unpaired) electrons. The fourth-order valence-electron chi connectivity index (χ4n) is 1.24. The fraction of sp³-hybridized carbons (Fsp3) is 0.200. The highest BCUT2D eigenvalue weighted by Gasteiger charge is 2.16. The minimum Gasteiger partial charge on any atom is -0.480 e. The van der Waals surface area contributed by atoms with E-state index in [1.54, 1.807) is 0 Å². The largest absolute Gasteiger partial charge is 0.480 e. The van der Waals surface area contributed by atoms with Gasteiger partial charge >= 0.3 is 5.97 Å². The summed E-state index contributed by atoms with van der Waals surface area (Å²) in [6, 6.07) is 3.81. The second-order valence-corrected chi connectivity index (χ2v) is 3.90. The number of nitro benzene ring substituents is 1. The van der Waals surface area contributed by atoms with Crippen molar-refractivity contribution >= 4 is 34.9 Å². The summed E-state index contributed by atoms with van der Waals surface area (Å²) in [5.41, 5.74) is -0.337. The molecule has 0 heterocycles. The highest BCUT2D eigenvalue weighted by Crippen LogP contribution is 2.27. The Morgan fingerprint density at radius 3 is 2.63 bits per heavy atom. The van der Waals surface area contributed by atoms with Crippen molar-refractivity contribution in [2.75, 3.05) is 18.4 Å². The van der Waals surface area contributed by atoms with Crippen molar-refractivity contribution in [2.45, 2.75) is 0 Å². The monoisotopic (exact) mass is 287 g/mol. The van der Waals surface area contributed by atoms with Gasteiger partial charge in [0.1, 0.15) is 5.69 Å². The molecule has 3 N–H and O–H groups in total. The van der Waals surface area contributed by atoms with E-state index >= 15 is 0 Å². The van der Waals surface area contributed by atoms with Gasteiger partial charge in [0.05, 0.1) is 18.0 Å². The van der Waals surface area contributed by atoms with E-state index in [2.05, 4.69) is 10.6 Å². The Kier molecular flexibility index (Phi) is 5.22. The third kappa shape index (κ3) is 4.90. The first-order valence-electron chi connectivity index (χ1n) is 5.06. The molecule has 0 bridgehead atoms. The summed E-state index contributed by atoms with van der Waals surface area (Å²) in [5, 5.41) is 24.0. The molecule has 0 aromatic heterocycles. The van der Waals surface area contributed by atoms with E-state index in [0.29, 0.717) is 0 Å². The summed E-state index contributed by atoms with van der Waals surface area (Å²) in [6.07, 6.45) is 0. The van der Waals surface area contributed by atoms with E-state index in [-0.39, 0.29) is 29.5 Å². The summed E-state index contributed by atoms with van der Waals surface area (Å²) in [5.74, 6) is -1.70. The van der Waals surface area contributed by atoms with E-state index < -0.39 is 16.8 Å². The highest BCUT2D eigenvalue weighted by molar-refractivity contribution is 6.31. The Bertz CT molecular complexity index is 520. The smallest absolute Gasteiger partial charge is 0.317 e. The zero-order valence-electron chi connectivity index (χ0n) is 9.55. The lowest BCUT2D eigenvalue weighted by Crippen LogP contribution is -2.31. The molecule has 9 heteroatoms. The average molecular weight is 288 g/mol. The maximum absolute atomic E-state index is 11.4. The molecule has 0 aliphatic carbocycles. The minimum absolute atomic E-state index is 0.00322. The van der Waals surface area contributed by atoms with Crippen molar-refractivity contribution in [2.24, 2.45) is 0 Å². The maximum atomic E-state index is 11.4.